The number of aryl methyl sites for hydroxylation is 3. The molecule has 0 saturated carbocycles. The van der Waals surface area contributed by atoms with E-state index in [-0.39, 0.29) is 20.1 Å². The summed E-state index contributed by atoms with van der Waals surface area (Å²) in [4.78, 5) is 12.2. The van der Waals surface area contributed by atoms with Crippen LogP contribution in [0, 0.1) is 37.0 Å². The number of nitriles is 1. The summed E-state index contributed by atoms with van der Waals surface area (Å²) in [6.07, 6.45) is 6.78. The molecule has 0 atom stereocenters. The molecule has 5 aromatic rings. The summed E-state index contributed by atoms with van der Waals surface area (Å²) in [5.41, 5.74) is 7.91. The summed E-state index contributed by atoms with van der Waals surface area (Å²) in [6.45, 7) is 10.2. The Morgan fingerprint density at radius 2 is 1.92 bits per heavy atom. The van der Waals surface area contributed by atoms with Gasteiger partial charge in [-0.25, -0.2) is 5.26 Å². The van der Waals surface area contributed by atoms with Gasteiger partial charge in [0.1, 0.15) is 5.69 Å². The Kier molecular flexibility index (Phi) is 8.06. The Morgan fingerprint density at radius 1 is 1.08 bits per heavy atom. The number of aromatic nitrogens is 3. The molecule has 0 unspecified atom stereocenters. The van der Waals surface area contributed by atoms with Crippen LogP contribution in [-0.2, 0) is 33.1 Å². The maximum atomic E-state index is 9.10. The second-order valence-electron chi connectivity index (χ2n) is 8.40. The van der Waals surface area contributed by atoms with Crippen molar-refractivity contribution in [2.75, 3.05) is 0 Å². The van der Waals surface area contributed by atoms with Crippen molar-refractivity contribution in [2.45, 2.75) is 19.9 Å². The standard InChI is InChI=1S/C20H12N3.C11H9N2.Ir/c1-14-13-23-20(11-19(14)16-6-4-3-5-7-16)17-8-15(12-21)9-18(10-17)22-2;1-2-4-10-9(3-1)5-7-13-8-6-12-11(10)13;/h3-7,9-11,13H,1H3;1-3,6,8H,5,7H2;/q2*-1;. The fourth-order valence-electron chi connectivity index (χ4n) is 4.26. The van der Waals surface area contributed by atoms with Gasteiger partial charge in [0.25, 0.3) is 0 Å². The molecule has 1 aliphatic heterocycles. The van der Waals surface area contributed by atoms with E-state index in [1.807, 2.05) is 80.1 Å². The Morgan fingerprint density at radius 3 is 2.70 bits per heavy atom. The fourth-order valence-corrected chi connectivity index (χ4v) is 4.26. The average molecular weight is 656 g/mol. The minimum Gasteiger partial charge on any atom is -0.371 e. The second kappa shape index (κ2) is 11.6. The molecule has 37 heavy (non-hydrogen) atoms. The molecule has 0 N–H and O–H groups in total. The molecule has 5 nitrogen and oxygen atoms in total. The van der Waals surface area contributed by atoms with Gasteiger partial charge in [0.15, 0.2) is 0 Å². The maximum absolute atomic E-state index is 9.10. The van der Waals surface area contributed by atoms with Crippen molar-refractivity contribution in [3.05, 3.63) is 126 Å². The Bertz CT molecular complexity index is 1590. The number of benzene rings is 3. The van der Waals surface area contributed by atoms with Crippen LogP contribution in [0.3, 0.4) is 0 Å². The number of fused-ring (bicyclic) bond motifs is 3. The normalized spacial score (nSPS) is 10.9. The first-order valence-electron chi connectivity index (χ1n) is 11.5. The number of rotatable bonds is 2. The van der Waals surface area contributed by atoms with Gasteiger partial charge in [0.2, 0.25) is 0 Å². The molecule has 1 aliphatic rings. The van der Waals surface area contributed by atoms with Gasteiger partial charge in [-0.05, 0) is 36.1 Å². The Labute approximate surface area is 230 Å². The molecule has 0 bridgehead atoms. The number of imidazole rings is 1. The number of pyridine rings is 1. The Hall–Kier alpha value is -4.35. The number of hydrogen-bond acceptors (Lipinski definition) is 3. The van der Waals surface area contributed by atoms with Crippen LogP contribution in [0.4, 0.5) is 5.69 Å². The van der Waals surface area contributed by atoms with E-state index < -0.39 is 0 Å². The van der Waals surface area contributed by atoms with E-state index >= 15 is 0 Å². The van der Waals surface area contributed by atoms with Crippen molar-refractivity contribution >= 4 is 5.69 Å². The second-order valence-corrected chi connectivity index (χ2v) is 8.40. The first-order valence-corrected chi connectivity index (χ1v) is 11.5. The summed E-state index contributed by atoms with van der Waals surface area (Å²) in [6, 6.07) is 29.7. The Balaban J connectivity index is 0.000000193. The van der Waals surface area contributed by atoms with Gasteiger partial charge in [0.05, 0.1) is 12.4 Å². The number of nitrogens with zero attached hydrogens (tertiary/aromatic N) is 5. The minimum atomic E-state index is 0. The molecule has 1 radical (unpaired) electrons. The minimum absolute atomic E-state index is 0. The van der Waals surface area contributed by atoms with Crippen LogP contribution < -0.4 is 0 Å². The fraction of sp³-hybridized carbons (Fsp3) is 0.0968. The van der Waals surface area contributed by atoms with Gasteiger partial charge in [-0.2, -0.15) is 0 Å². The van der Waals surface area contributed by atoms with E-state index in [0.29, 0.717) is 22.5 Å². The zero-order valence-corrected chi connectivity index (χ0v) is 22.5. The van der Waals surface area contributed by atoms with E-state index in [9.17, 15) is 0 Å². The van der Waals surface area contributed by atoms with Crippen LogP contribution >= 0.6 is 0 Å². The van der Waals surface area contributed by atoms with E-state index in [2.05, 4.69) is 37.6 Å². The van der Waals surface area contributed by atoms with Crippen molar-refractivity contribution in [1.82, 2.24) is 14.5 Å². The van der Waals surface area contributed by atoms with E-state index in [0.717, 1.165) is 35.5 Å². The van der Waals surface area contributed by atoms with E-state index in [4.69, 9.17) is 11.8 Å². The van der Waals surface area contributed by atoms with Crippen molar-refractivity contribution in [3.63, 3.8) is 0 Å². The molecule has 3 heterocycles. The summed E-state index contributed by atoms with van der Waals surface area (Å²) in [5, 5.41) is 9.10. The predicted molar refractivity (Wildman–Crippen MR) is 140 cm³/mol. The predicted octanol–water partition coefficient (Wildman–Crippen LogP) is 6.85. The molecule has 0 spiro atoms. The average Bonchev–Trinajstić information content (AvgIpc) is 3.43. The molecule has 2 aromatic heterocycles. The van der Waals surface area contributed by atoms with Gasteiger partial charge < -0.3 is 4.57 Å². The third-order valence-corrected chi connectivity index (χ3v) is 6.07. The summed E-state index contributed by atoms with van der Waals surface area (Å²) >= 11 is 0. The molecule has 6 rings (SSSR count). The third kappa shape index (κ3) is 5.57. The van der Waals surface area contributed by atoms with Gasteiger partial charge in [-0.3, -0.25) is 14.8 Å². The molecular weight excluding hydrogens is 635 g/mol. The SMILES string of the molecule is [C-]#[N+]c1cc(C#N)[c-]c(-c2cc(-c3ccccc3)c(C)cn2)c1.[Ir].[c-]1cccc2c1-c1nccn1CC2. The molecule has 0 fully saturated rings. The topological polar surface area (TPSA) is 58.9 Å². The van der Waals surface area contributed by atoms with Gasteiger partial charge in [0, 0.05) is 50.9 Å². The summed E-state index contributed by atoms with van der Waals surface area (Å²) < 4.78 is 2.18. The zero-order valence-electron chi connectivity index (χ0n) is 20.1. The monoisotopic (exact) mass is 656 g/mol. The molecule has 181 valence electrons. The van der Waals surface area contributed by atoms with Crippen LogP contribution in [0.2, 0.25) is 0 Å². The van der Waals surface area contributed by atoms with Crippen molar-refractivity contribution in [3.8, 4) is 39.8 Å². The van der Waals surface area contributed by atoms with Crippen molar-refractivity contribution < 1.29 is 20.1 Å². The van der Waals surface area contributed by atoms with Crippen molar-refractivity contribution in [1.29, 1.82) is 5.26 Å². The van der Waals surface area contributed by atoms with Crippen LogP contribution in [0.5, 0.6) is 0 Å². The quantitative estimate of drug-likeness (QED) is 0.196. The largest absolute Gasteiger partial charge is 0.371 e. The van der Waals surface area contributed by atoms with Gasteiger partial charge in [-0.1, -0.05) is 42.0 Å². The van der Waals surface area contributed by atoms with E-state index in [1.165, 1.54) is 17.2 Å². The van der Waals surface area contributed by atoms with Crippen molar-refractivity contribution in [2.24, 2.45) is 0 Å². The van der Waals surface area contributed by atoms with Gasteiger partial charge in [-0.15, -0.1) is 59.2 Å². The van der Waals surface area contributed by atoms with Crippen LogP contribution in [0.15, 0.2) is 85.3 Å². The third-order valence-electron chi connectivity index (χ3n) is 6.07. The number of hydrogen-bond donors (Lipinski definition) is 0. The van der Waals surface area contributed by atoms with Gasteiger partial charge >= 0.3 is 0 Å². The smallest absolute Gasteiger partial charge is 0.125 e. The van der Waals surface area contributed by atoms with Crippen LogP contribution in [-0.4, -0.2) is 14.5 Å². The van der Waals surface area contributed by atoms with Crippen LogP contribution in [0.25, 0.3) is 38.6 Å². The molecule has 0 amide bonds. The summed E-state index contributed by atoms with van der Waals surface area (Å²) in [7, 11) is 0. The zero-order chi connectivity index (χ0) is 24.9. The molecule has 3 aromatic carbocycles. The maximum Gasteiger partial charge on any atom is 0.125 e. The van der Waals surface area contributed by atoms with E-state index in [1.54, 1.807) is 6.07 Å². The summed E-state index contributed by atoms with van der Waals surface area (Å²) in [5.74, 6) is 1.06. The molecular formula is C31H21IrN5-2. The first kappa shape index (κ1) is 25.7. The molecule has 6 heteroatoms. The molecule has 0 saturated heterocycles. The molecule has 0 aliphatic carbocycles. The first-order chi connectivity index (χ1) is 17.7. The van der Waals surface area contributed by atoms with Crippen LogP contribution in [0.1, 0.15) is 16.7 Å².